The number of aliphatic imine (C=N–C) groups is 1. The Kier molecular flexibility index (Phi) is 4.57. The van der Waals surface area contributed by atoms with Gasteiger partial charge in [-0.2, -0.15) is 0 Å². The number of guanidine groups is 1. The van der Waals surface area contributed by atoms with Crippen molar-refractivity contribution in [1.82, 2.24) is 0 Å². The second-order valence-electron chi connectivity index (χ2n) is 5.72. The van der Waals surface area contributed by atoms with Crippen molar-refractivity contribution in [3.8, 4) is 5.75 Å². The van der Waals surface area contributed by atoms with Gasteiger partial charge in [-0.3, -0.25) is 0 Å². The summed E-state index contributed by atoms with van der Waals surface area (Å²) in [6.07, 6.45) is 0. The number of nitrogens with two attached hydrogens (primary N) is 3. The Labute approximate surface area is 150 Å². The minimum Gasteiger partial charge on any atom is -0.423 e. The van der Waals surface area contributed by atoms with Crippen LogP contribution < -0.4 is 21.9 Å². The third-order valence-corrected chi connectivity index (χ3v) is 3.75. The van der Waals surface area contributed by atoms with Gasteiger partial charge in [0.15, 0.2) is 5.96 Å². The fourth-order valence-electron chi connectivity index (χ4n) is 2.47. The summed E-state index contributed by atoms with van der Waals surface area (Å²) in [5.41, 5.74) is 18.7. The smallest absolute Gasteiger partial charge is 0.343 e. The summed E-state index contributed by atoms with van der Waals surface area (Å²) >= 11 is 0. The van der Waals surface area contributed by atoms with Crippen molar-refractivity contribution in [1.29, 1.82) is 0 Å². The monoisotopic (exact) mass is 346 g/mol. The number of benzene rings is 3. The molecule has 130 valence electrons. The SMILES string of the molecule is C=C(N)c1ccc2cc(OC(=O)c3ccc(N=C(N)N)cc3)ccc2c1. The second kappa shape index (κ2) is 6.98. The van der Waals surface area contributed by atoms with E-state index >= 15 is 0 Å². The fraction of sp³-hybridized carbons (Fsp3) is 0. The van der Waals surface area contributed by atoms with E-state index in [-0.39, 0.29) is 5.96 Å². The van der Waals surface area contributed by atoms with Crippen LogP contribution in [-0.4, -0.2) is 11.9 Å². The van der Waals surface area contributed by atoms with Gasteiger partial charge in [0, 0.05) is 5.70 Å². The normalized spacial score (nSPS) is 10.3. The highest BCUT2D eigenvalue weighted by molar-refractivity contribution is 5.93. The lowest BCUT2D eigenvalue weighted by Crippen LogP contribution is -2.21. The van der Waals surface area contributed by atoms with Crippen LogP contribution >= 0.6 is 0 Å². The van der Waals surface area contributed by atoms with E-state index in [0.717, 1.165) is 16.3 Å². The molecule has 0 heterocycles. The number of carbonyl (C=O) groups excluding carboxylic acids is 1. The highest BCUT2D eigenvalue weighted by atomic mass is 16.5. The van der Waals surface area contributed by atoms with Crippen LogP contribution in [0.4, 0.5) is 5.69 Å². The van der Waals surface area contributed by atoms with Gasteiger partial charge in [0.1, 0.15) is 5.75 Å². The molecule has 0 amide bonds. The lowest BCUT2D eigenvalue weighted by molar-refractivity contribution is 0.0735. The minimum atomic E-state index is -0.465. The maximum atomic E-state index is 12.3. The first-order valence-electron chi connectivity index (χ1n) is 7.83. The van der Waals surface area contributed by atoms with Gasteiger partial charge in [-0.1, -0.05) is 24.8 Å². The molecule has 3 aromatic rings. The zero-order valence-corrected chi connectivity index (χ0v) is 14.0. The molecular weight excluding hydrogens is 328 g/mol. The van der Waals surface area contributed by atoms with Gasteiger partial charge in [0.2, 0.25) is 0 Å². The average Bonchev–Trinajstić information content (AvgIpc) is 2.61. The number of nitrogens with zero attached hydrogens (tertiary/aromatic N) is 1. The number of hydrogen-bond acceptors (Lipinski definition) is 4. The minimum absolute atomic E-state index is 0.0436. The standard InChI is InChI=1S/C20H18N4O2/c1-12(21)14-2-3-16-11-18(9-6-15(16)10-14)26-19(25)13-4-7-17(8-5-13)24-20(22)23/h2-11H,1,21H2,(H4,22,23,24). The number of fused-ring (bicyclic) bond motifs is 1. The summed E-state index contributed by atoms with van der Waals surface area (Å²) < 4.78 is 5.44. The van der Waals surface area contributed by atoms with Gasteiger partial charge in [-0.25, -0.2) is 9.79 Å². The predicted molar refractivity (Wildman–Crippen MR) is 104 cm³/mol. The molecule has 0 atom stereocenters. The van der Waals surface area contributed by atoms with Gasteiger partial charge in [0.05, 0.1) is 11.3 Å². The molecule has 6 N–H and O–H groups in total. The van der Waals surface area contributed by atoms with Crippen molar-refractivity contribution >= 4 is 34.1 Å². The molecule has 0 aromatic heterocycles. The molecule has 0 spiro atoms. The number of esters is 1. The van der Waals surface area contributed by atoms with Gasteiger partial charge < -0.3 is 21.9 Å². The molecular formula is C20H18N4O2. The van der Waals surface area contributed by atoms with E-state index in [1.807, 2.05) is 24.3 Å². The van der Waals surface area contributed by atoms with E-state index in [9.17, 15) is 4.79 Å². The van der Waals surface area contributed by atoms with Crippen LogP contribution in [0.2, 0.25) is 0 Å². The Balaban J connectivity index is 1.79. The van der Waals surface area contributed by atoms with Gasteiger partial charge in [-0.05, 0) is 58.8 Å². The third-order valence-electron chi connectivity index (χ3n) is 3.75. The molecule has 0 saturated heterocycles. The first-order chi connectivity index (χ1) is 12.4. The van der Waals surface area contributed by atoms with Crippen molar-refractivity contribution in [3.63, 3.8) is 0 Å². The van der Waals surface area contributed by atoms with Crippen molar-refractivity contribution in [3.05, 3.63) is 78.4 Å². The highest BCUT2D eigenvalue weighted by Crippen LogP contribution is 2.24. The molecule has 6 nitrogen and oxygen atoms in total. The lowest BCUT2D eigenvalue weighted by Gasteiger charge is -2.07. The van der Waals surface area contributed by atoms with Crippen LogP contribution in [0.25, 0.3) is 16.5 Å². The van der Waals surface area contributed by atoms with E-state index in [4.69, 9.17) is 21.9 Å². The molecule has 0 fully saturated rings. The zero-order valence-electron chi connectivity index (χ0n) is 14.0. The van der Waals surface area contributed by atoms with Gasteiger partial charge in [-0.15, -0.1) is 0 Å². The maximum absolute atomic E-state index is 12.3. The molecule has 0 aliphatic heterocycles. The van der Waals surface area contributed by atoms with Crippen LogP contribution in [0.15, 0.2) is 72.2 Å². The van der Waals surface area contributed by atoms with E-state index in [1.54, 1.807) is 36.4 Å². The second-order valence-corrected chi connectivity index (χ2v) is 5.72. The first-order valence-corrected chi connectivity index (χ1v) is 7.83. The van der Waals surface area contributed by atoms with Crippen molar-refractivity contribution in [2.24, 2.45) is 22.2 Å². The summed E-state index contributed by atoms with van der Waals surface area (Å²) in [6.45, 7) is 3.73. The summed E-state index contributed by atoms with van der Waals surface area (Å²) in [7, 11) is 0. The number of rotatable bonds is 4. The maximum Gasteiger partial charge on any atom is 0.343 e. The molecule has 0 aliphatic rings. The molecule has 26 heavy (non-hydrogen) atoms. The molecule has 0 saturated carbocycles. The number of hydrogen-bond donors (Lipinski definition) is 3. The fourth-order valence-corrected chi connectivity index (χ4v) is 2.47. The van der Waals surface area contributed by atoms with E-state index in [0.29, 0.717) is 22.7 Å². The Bertz CT molecular complexity index is 1020. The summed E-state index contributed by atoms with van der Waals surface area (Å²) in [5, 5.41) is 1.92. The molecule has 3 rings (SSSR count). The van der Waals surface area contributed by atoms with Gasteiger partial charge in [0.25, 0.3) is 0 Å². The van der Waals surface area contributed by atoms with Crippen molar-refractivity contribution in [2.75, 3.05) is 0 Å². The third kappa shape index (κ3) is 3.81. The summed E-state index contributed by atoms with van der Waals surface area (Å²) in [5.74, 6) is -0.0551. The summed E-state index contributed by atoms with van der Waals surface area (Å²) in [6, 6.07) is 17.6. The molecule has 0 aliphatic carbocycles. The molecule has 0 unspecified atom stereocenters. The Morgan fingerprint density at radius 1 is 0.846 bits per heavy atom. The van der Waals surface area contributed by atoms with Crippen LogP contribution in [0.5, 0.6) is 5.75 Å². The number of carbonyl (C=O) groups is 1. The molecule has 0 radical (unpaired) electrons. The molecule has 3 aromatic carbocycles. The Hall–Kier alpha value is -3.80. The van der Waals surface area contributed by atoms with E-state index in [1.165, 1.54) is 0 Å². The quantitative estimate of drug-likeness (QED) is 0.291. The first kappa shape index (κ1) is 17.0. The lowest BCUT2D eigenvalue weighted by atomic mass is 10.1. The topological polar surface area (TPSA) is 117 Å². The van der Waals surface area contributed by atoms with Crippen molar-refractivity contribution < 1.29 is 9.53 Å². The molecule has 6 heteroatoms. The number of ether oxygens (including phenoxy) is 1. The summed E-state index contributed by atoms with van der Waals surface area (Å²) in [4.78, 5) is 16.2. The van der Waals surface area contributed by atoms with Crippen LogP contribution in [-0.2, 0) is 0 Å². The van der Waals surface area contributed by atoms with Crippen LogP contribution in [0.3, 0.4) is 0 Å². The Morgan fingerprint density at radius 2 is 1.46 bits per heavy atom. The predicted octanol–water partition coefficient (Wildman–Crippen LogP) is 2.89. The van der Waals surface area contributed by atoms with E-state index in [2.05, 4.69) is 11.6 Å². The zero-order chi connectivity index (χ0) is 18.7. The van der Waals surface area contributed by atoms with Gasteiger partial charge >= 0.3 is 5.97 Å². The highest BCUT2D eigenvalue weighted by Gasteiger charge is 2.09. The Morgan fingerprint density at radius 3 is 2.12 bits per heavy atom. The largest absolute Gasteiger partial charge is 0.423 e. The van der Waals surface area contributed by atoms with Crippen molar-refractivity contribution in [2.45, 2.75) is 0 Å². The van der Waals surface area contributed by atoms with Crippen LogP contribution in [0, 0.1) is 0 Å². The van der Waals surface area contributed by atoms with E-state index < -0.39 is 5.97 Å². The average molecular weight is 346 g/mol. The van der Waals surface area contributed by atoms with Crippen LogP contribution in [0.1, 0.15) is 15.9 Å². The molecule has 0 bridgehead atoms.